The average Bonchev–Trinajstić information content (AvgIpc) is 3.73. The minimum atomic E-state index is -0.446. The van der Waals surface area contributed by atoms with Gasteiger partial charge in [-0.05, 0) is 38.1 Å². The van der Waals surface area contributed by atoms with Crippen LogP contribution in [0.15, 0.2) is 67.0 Å². The standard InChI is InChI=1S/C26H26N4O8S2/c1-3-35-21(31)15-39-25-27-19(13-17-7-5-11-37-17)23(33)29(25)9-10-30-24(34)20(14-18-8-6-12-38-18)28-26(30)40-16-22(32)36-4-2/h5-8,11-14H,3-4,9-10,15-16H2,1-2H3/b19-13-,20-14-. The highest BCUT2D eigenvalue weighted by molar-refractivity contribution is 8.14. The molecule has 0 aromatic carbocycles. The monoisotopic (exact) mass is 586 g/mol. The molecule has 0 saturated heterocycles. The van der Waals surface area contributed by atoms with Crippen LogP contribution in [0.3, 0.4) is 0 Å². The number of thioether (sulfide) groups is 2. The van der Waals surface area contributed by atoms with E-state index in [0.29, 0.717) is 11.5 Å². The first-order valence-corrected chi connectivity index (χ1v) is 14.2. The third kappa shape index (κ3) is 7.33. The van der Waals surface area contributed by atoms with E-state index in [4.69, 9.17) is 18.3 Å². The highest BCUT2D eigenvalue weighted by atomic mass is 32.2. The molecule has 2 aromatic rings. The van der Waals surface area contributed by atoms with E-state index >= 15 is 0 Å². The normalized spacial score (nSPS) is 17.1. The molecule has 2 aromatic heterocycles. The lowest BCUT2D eigenvalue weighted by atomic mass is 10.3. The predicted octanol–water partition coefficient (Wildman–Crippen LogP) is 3.24. The van der Waals surface area contributed by atoms with Gasteiger partial charge in [0.05, 0.1) is 37.2 Å². The summed E-state index contributed by atoms with van der Waals surface area (Å²) in [5.41, 5.74) is 0.246. The second-order valence-corrected chi connectivity index (χ2v) is 9.86. The lowest BCUT2D eigenvalue weighted by molar-refractivity contribution is -0.140. The summed E-state index contributed by atoms with van der Waals surface area (Å²) in [7, 11) is 0. The van der Waals surface area contributed by atoms with Crippen LogP contribution >= 0.6 is 23.5 Å². The molecular weight excluding hydrogens is 560 g/mol. The number of rotatable bonds is 11. The molecule has 210 valence electrons. The molecule has 12 nitrogen and oxygen atoms in total. The van der Waals surface area contributed by atoms with Crippen molar-refractivity contribution in [3.63, 3.8) is 0 Å². The van der Waals surface area contributed by atoms with Gasteiger partial charge < -0.3 is 18.3 Å². The van der Waals surface area contributed by atoms with Gasteiger partial charge in [0.2, 0.25) is 0 Å². The number of hydrogen-bond donors (Lipinski definition) is 0. The Balaban J connectivity index is 1.52. The summed E-state index contributed by atoms with van der Waals surface area (Å²) in [5, 5.41) is 0.568. The van der Waals surface area contributed by atoms with Crippen LogP contribution in [0.1, 0.15) is 25.4 Å². The largest absolute Gasteiger partial charge is 0.465 e. The Bertz CT molecular complexity index is 1260. The second-order valence-electron chi connectivity index (χ2n) is 7.98. The Morgan fingerprint density at radius 3 is 1.57 bits per heavy atom. The average molecular weight is 587 g/mol. The molecule has 0 unspecified atom stereocenters. The van der Waals surface area contributed by atoms with Crippen molar-refractivity contribution in [2.75, 3.05) is 37.8 Å². The van der Waals surface area contributed by atoms with Crippen LogP contribution in [-0.4, -0.2) is 81.7 Å². The zero-order valence-electron chi connectivity index (χ0n) is 21.7. The number of furan rings is 2. The van der Waals surface area contributed by atoms with Crippen LogP contribution in [0, 0.1) is 0 Å². The summed E-state index contributed by atoms with van der Waals surface area (Å²) in [5.74, 6) is -0.948. The molecule has 0 saturated carbocycles. The molecule has 2 aliphatic heterocycles. The molecular formula is C26H26N4O8S2. The zero-order valence-corrected chi connectivity index (χ0v) is 23.4. The molecule has 4 rings (SSSR count). The number of ether oxygens (including phenoxy) is 2. The van der Waals surface area contributed by atoms with Crippen molar-refractivity contribution in [2.24, 2.45) is 9.98 Å². The summed E-state index contributed by atoms with van der Waals surface area (Å²) in [6.07, 6.45) is 5.96. The van der Waals surface area contributed by atoms with Gasteiger partial charge in [-0.25, -0.2) is 9.98 Å². The van der Waals surface area contributed by atoms with Crippen LogP contribution in [0.5, 0.6) is 0 Å². The van der Waals surface area contributed by atoms with Crippen molar-refractivity contribution in [3.8, 4) is 0 Å². The number of aliphatic imine (C=N–C) groups is 2. The Morgan fingerprint density at radius 2 is 1.23 bits per heavy atom. The summed E-state index contributed by atoms with van der Waals surface area (Å²) in [6.45, 7) is 3.96. The van der Waals surface area contributed by atoms with E-state index in [-0.39, 0.29) is 59.5 Å². The lowest BCUT2D eigenvalue weighted by Crippen LogP contribution is -2.41. The van der Waals surface area contributed by atoms with Gasteiger partial charge in [-0.2, -0.15) is 0 Å². The van der Waals surface area contributed by atoms with Gasteiger partial charge >= 0.3 is 11.9 Å². The third-order valence-electron chi connectivity index (χ3n) is 5.26. The molecule has 0 fully saturated rings. The number of esters is 2. The smallest absolute Gasteiger partial charge is 0.316 e. The van der Waals surface area contributed by atoms with Gasteiger partial charge in [0.25, 0.3) is 11.8 Å². The third-order valence-corrected chi connectivity index (χ3v) is 7.16. The fourth-order valence-corrected chi connectivity index (χ4v) is 5.19. The minimum Gasteiger partial charge on any atom is -0.465 e. The number of amides is 2. The first kappa shape index (κ1) is 29.0. The maximum absolute atomic E-state index is 13.3. The highest BCUT2D eigenvalue weighted by Crippen LogP contribution is 2.27. The SMILES string of the molecule is CCOC(=O)CSC1=N/C(=C\c2ccco2)C(=O)N1CCN1C(=O)/C(=C/c2ccco2)N=C1SCC(=O)OCC. The number of nitrogens with zero attached hydrogens (tertiary/aromatic N) is 4. The van der Waals surface area contributed by atoms with Crippen molar-refractivity contribution in [1.29, 1.82) is 0 Å². The van der Waals surface area contributed by atoms with Crippen molar-refractivity contribution < 1.29 is 37.5 Å². The van der Waals surface area contributed by atoms with E-state index < -0.39 is 23.8 Å². The van der Waals surface area contributed by atoms with Gasteiger partial charge in [-0.15, -0.1) is 0 Å². The van der Waals surface area contributed by atoms with Crippen LogP contribution in [0.2, 0.25) is 0 Å². The summed E-state index contributed by atoms with van der Waals surface area (Å²) in [4.78, 5) is 62.1. The van der Waals surface area contributed by atoms with Crippen molar-refractivity contribution in [1.82, 2.24) is 9.80 Å². The van der Waals surface area contributed by atoms with Crippen LogP contribution in [-0.2, 0) is 28.7 Å². The molecule has 0 spiro atoms. The quantitative estimate of drug-likeness (QED) is 0.284. The van der Waals surface area contributed by atoms with Gasteiger partial charge in [0, 0.05) is 25.2 Å². The summed E-state index contributed by atoms with van der Waals surface area (Å²) >= 11 is 2.11. The Morgan fingerprint density at radius 1 is 0.800 bits per heavy atom. The summed E-state index contributed by atoms with van der Waals surface area (Å²) in [6, 6.07) is 6.74. The number of hydrogen-bond acceptors (Lipinski definition) is 12. The fraction of sp³-hybridized carbons (Fsp3) is 0.308. The molecule has 14 heteroatoms. The van der Waals surface area contributed by atoms with Gasteiger partial charge in [-0.1, -0.05) is 23.5 Å². The molecule has 0 N–H and O–H groups in total. The number of carbonyl (C=O) groups is 4. The van der Waals surface area contributed by atoms with E-state index in [0.717, 1.165) is 23.5 Å². The molecule has 0 radical (unpaired) electrons. The van der Waals surface area contributed by atoms with E-state index in [1.807, 2.05) is 0 Å². The molecule has 0 aliphatic carbocycles. The minimum absolute atomic E-state index is 0.0434. The maximum Gasteiger partial charge on any atom is 0.316 e. The first-order chi connectivity index (χ1) is 19.4. The Hall–Kier alpha value is -4.04. The zero-order chi connectivity index (χ0) is 28.5. The number of carbonyl (C=O) groups excluding carboxylic acids is 4. The predicted molar refractivity (Wildman–Crippen MR) is 150 cm³/mol. The maximum atomic E-state index is 13.3. The van der Waals surface area contributed by atoms with Crippen LogP contribution in [0.25, 0.3) is 12.2 Å². The molecule has 2 aliphatic rings. The first-order valence-electron chi connectivity index (χ1n) is 12.3. The van der Waals surface area contributed by atoms with E-state index in [2.05, 4.69) is 9.98 Å². The van der Waals surface area contributed by atoms with E-state index in [9.17, 15) is 19.2 Å². The van der Waals surface area contributed by atoms with Crippen LogP contribution in [0.4, 0.5) is 0 Å². The molecule has 0 bridgehead atoms. The van der Waals surface area contributed by atoms with Crippen molar-refractivity contribution >= 4 is 69.8 Å². The van der Waals surface area contributed by atoms with E-state index in [1.54, 1.807) is 38.1 Å². The fourth-order valence-electron chi connectivity index (χ4n) is 3.54. The molecule has 0 atom stereocenters. The second kappa shape index (κ2) is 13.8. The van der Waals surface area contributed by atoms with Crippen LogP contribution < -0.4 is 0 Å². The summed E-state index contributed by atoms with van der Waals surface area (Å²) < 4.78 is 20.6. The van der Waals surface area contributed by atoms with Gasteiger partial charge in [0.15, 0.2) is 10.3 Å². The molecule has 4 heterocycles. The number of amidine groups is 2. The Kier molecular flexibility index (Phi) is 10.0. The molecule has 2 amide bonds. The lowest BCUT2D eigenvalue weighted by Gasteiger charge is -2.22. The van der Waals surface area contributed by atoms with Gasteiger partial charge in [-0.3, -0.25) is 29.0 Å². The topological polar surface area (TPSA) is 144 Å². The molecule has 40 heavy (non-hydrogen) atoms. The van der Waals surface area contributed by atoms with Crippen molar-refractivity contribution in [2.45, 2.75) is 13.8 Å². The van der Waals surface area contributed by atoms with E-state index in [1.165, 1.54) is 34.5 Å². The van der Waals surface area contributed by atoms with Gasteiger partial charge in [0.1, 0.15) is 22.9 Å². The van der Waals surface area contributed by atoms with Crippen molar-refractivity contribution in [3.05, 3.63) is 59.7 Å². The Labute approximate surface area is 238 Å². The highest BCUT2D eigenvalue weighted by Gasteiger charge is 2.35.